The van der Waals surface area contributed by atoms with Crippen LogP contribution < -0.4 is 0 Å². The van der Waals surface area contributed by atoms with Crippen LogP contribution in [0.15, 0.2) is 78.9 Å². The number of hydrogen-bond acceptors (Lipinski definition) is 3. The van der Waals surface area contributed by atoms with Crippen molar-refractivity contribution in [2.24, 2.45) is 0 Å². The minimum Gasteiger partial charge on any atom is -0.507 e. The van der Waals surface area contributed by atoms with Crippen LogP contribution in [0.4, 0.5) is 0 Å². The standard InChI is InChI=1S/C22H16ClN3O/c23-17-13-10-16(11-14-17)12-15-21-24-22(19-8-4-5-9-20(19)27)26(25-21)18-6-2-1-3-7-18/h1-15,27H/b15-12+. The molecule has 0 aliphatic rings. The minimum absolute atomic E-state index is 0.162. The summed E-state index contributed by atoms with van der Waals surface area (Å²) in [5, 5.41) is 15.6. The van der Waals surface area contributed by atoms with E-state index in [-0.39, 0.29) is 5.75 Å². The predicted octanol–water partition coefficient (Wildman–Crippen LogP) is 5.46. The summed E-state index contributed by atoms with van der Waals surface area (Å²) in [6.07, 6.45) is 3.77. The van der Waals surface area contributed by atoms with Crippen molar-refractivity contribution < 1.29 is 5.11 Å². The van der Waals surface area contributed by atoms with Crippen molar-refractivity contribution in [2.45, 2.75) is 0 Å². The monoisotopic (exact) mass is 373 g/mol. The topological polar surface area (TPSA) is 50.9 Å². The van der Waals surface area contributed by atoms with Gasteiger partial charge in [-0.1, -0.05) is 60.1 Å². The van der Waals surface area contributed by atoms with Crippen LogP contribution in [0.25, 0.3) is 29.2 Å². The molecule has 0 fully saturated rings. The molecule has 0 spiro atoms. The van der Waals surface area contributed by atoms with Crippen LogP contribution in [0.3, 0.4) is 0 Å². The summed E-state index contributed by atoms with van der Waals surface area (Å²) >= 11 is 5.93. The number of hydrogen-bond donors (Lipinski definition) is 1. The molecule has 0 amide bonds. The normalized spacial score (nSPS) is 11.1. The van der Waals surface area contributed by atoms with Gasteiger partial charge in [-0.15, -0.1) is 5.10 Å². The summed E-state index contributed by atoms with van der Waals surface area (Å²) in [7, 11) is 0. The molecule has 0 saturated heterocycles. The number of aromatic hydroxyl groups is 1. The first-order valence-corrected chi connectivity index (χ1v) is 8.83. The average molecular weight is 374 g/mol. The molecule has 1 N–H and O–H groups in total. The summed E-state index contributed by atoms with van der Waals surface area (Å²) in [5.41, 5.74) is 2.49. The lowest BCUT2D eigenvalue weighted by Gasteiger charge is -2.06. The van der Waals surface area contributed by atoms with E-state index in [1.165, 1.54) is 0 Å². The van der Waals surface area contributed by atoms with Gasteiger partial charge in [-0.2, -0.15) is 0 Å². The zero-order valence-electron chi connectivity index (χ0n) is 14.3. The largest absolute Gasteiger partial charge is 0.507 e. The lowest BCUT2D eigenvalue weighted by atomic mass is 10.2. The molecule has 27 heavy (non-hydrogen) atoms. The second-order valence-electron chi connectivity index (χ2n) is 5.94. The highest BCUT2D eigenvalue weighted by Crippen LogP contribution is 2.29. The number of benzene rings is 3. The van der Waals surface area contributed by atoms with E-state index in [4.69, 9.17) is 11.6 Å². The molecule has 1 heterocycles. The molecule has 5 heteroatoms. The Balaban J connectivity index is 1.78. The molecule has 4 nitrogen and oxygen atoms in total. The van der Waals surface area contributed by atoms with Crippen LogP contribution in [0.1, 0.15) is 11.4 Å². The first kappa shape index (κ1) is 17.1. The summed E-state index contributed by atoms with van der Waals surface area (Å²) in [4.78, 5) is 4.63. The molecule has 0 radical (unpaired) electrons. The third kappa shape index (κ3) is 3.76. The van der Waals surface area contributed by atoms with Gasteiger partial charge in [-0.05, 0) is 48.0 Å². The van der Waals surface area contributed by atoms with Crippen molar-refractivity contribution in [2.75, 3.05) is 0 Å². The minimum atomic E-state index is 0.162. The SMILES string of the molecule is Oc1ccccc1-c1nc(/C=C/c2ccc(Cl)cc2)nn1-c1ccccc1. The summed E-state index contributed by atoms with van der Waals surface area (Å²) < 4.78 is 1.73. The quantitative estimate of drug-likeness (QED) is 0.516. The maximum absolute atomic E-state index is 10.3. The summed E-state index contributed by atoms with van der Waals surface area (Å²) in [5.74, 6) is 1.29. The molecular formula is C22H16ClN3O. The smallest absolute Gasteiger partial charge is 0.175 e. The first-order chi connectivity index (χ1) is 13.2. The van der Waals surface area contributed by atoms with Crippen LogP contribution in [0, 0.1) is 0 Å². The van der Waals surface area contributed by atoms with Crippen LogP contribution in [-0.2, 0) is 0 Å². The first-order valence-electron chi connectivity index (χ1n) is 8.45. The maximum Gasteiger partial charge on any atom is 0.175 e. The Morgan fingerprint density at radius 1 is 0.815 bits per heavy atom. The zero-order valence-corrected chi connectivity index (χ0v) is 15.1. The Labute approximate surface area is 162 Å². The van der Waals surface area contributed by atoms with Crippen molar-refractivity contribution >= 4 is 23.8 Å². The van der Waals surface area contributed by atoms with Crippen LogP contribution in [-0.4, -0.2) is 19.9 Å². The molecule has 0 aliphatic carbocycles. The second-order valence-corrected chi connectivity index (χ2v) is 6.38. The number of aromatic nitrogens is 3. The predicted molar refractivity (Wildman–Crippen MR) is 109 cm³/mol. The number of phenols is 1. The van der Waals surface area contributed by atoms with Gasteiger partial charge in [0.25, 0.3) is 0 Å². The van der Waals surface area contributed by atoms with Crippen LogP contribution >= 0.6 is 11.6 Å². The molecule has 0 aliphatic heterocycles. The van der Waals surface area contributed by atoms with E-state index in [0.29, 0.717) is 22.2 Å². The Morgan fingerprint density at radius 2 is 1.52 bits per heavy atom. The van der Waals surface area contributed by atoms with E-state index in [9.17, 15) is 5.11 Å². The highest BCUT2D eigenvalue weighted by atomic mass is 35.5. The van der Waals surface area contributed by atoms with Gasteiger partial charge in [0.2, 0.25) is 0 Å². The molecule has 0 atom stereocenters. The Morgan fingerprint density at radius 3 is 2.26 bits per heavy atom. The second kappa shape index (κ2) is 7.48. The number of halogens is 1. The van der Waals surface area contributed by atoms with E-state index in [1.807, 2.05) is 78.9 Å². The van der Waals surface area contributed by atoms with E-state index >= 15 is 0 Å². The van der Waals surface area contributed by atoms with Crippen molar-refractivity contribution in [1.82, 2.24) is 14.8 Å². The molecule has 0 saturated carbocycles. The molecule has 4 aromatic rings. The number of phenolic OH excluding ortho intramolecular Hbond substituents is 1. The summed E-state index contributed by atoms with van der Waals surface area (Å²) in [6, 6.07) is 24.4. The van der Waals surface area contributed by atoms with Crippen LogP contribution in [0.2, 0.25) is 5.02 Å². The van der Waals surface area contributed by atoms with Gasteiger partial charge in [0.05, 0.1) is 11.3 Å². The van der Waals surface area contributed by atoms with Gasteiger partial charge in [0, 0.05) is 5.02 Å². The highest BCUT2D eigenvalue weighted by molar-refractivity contribution is 6.30. The fourth-order valence-corrected chi connectivity index (χ4v) is 2.86. The Kier molecular flexibility index (Phi) is 4.73. The summed E-state index contributed by atoms with van der Waals surface area (Å²) in [6.45, 7) is 0. The van der Waals surface area contributed by atoms with Gasteiger partial charge in [-0.25, -0.2) is 9.67 Å². The molecule has 1 aromatic heterocycles. The molecule has 0 bridgehead atoms. The van der Waals surface area contributed by atoms with E-state index in [0.717, 1.165) is 11.3 Å². The fraction of sp³-hybridized carbons (Fsp3) is 0. The van der Waals surface area contributed by atoms with Crippen molar-refractivity contribution in [1.29, 1.82) is 0 Å². The third-order valence-electron chi connectivity index (χ3n) is 4.06. The molecule has 0 unspecified atom stereocenters. The van der Waals surface area contributed by atoms with Crippen molar-refractivity contribution in [3.05, 3.63) is 95.3 Å². The lowest BCUT2D eigenvalue weighted by molar-refractivity contribution is 0.476. The molecule has 132 valence electrons. The molecule has 3 aromatic carbocycles. The van der Waals surface area contributed by atoms with Gasteiger partial charge >= 0.3 is 0 Å². The van der Waals surface area contributed by atoms with Gasteiger partial charge in [0.1, 0.15) is 5.75 Å². The van der Waals surface area contributed by atoms with Gasteiger partial charge < -0.3 is 5.11 Å². The zero-order chi connectivity index (χ0) is 18.6. The molecular weight excluding hydrogens is 358 g/mol. The van der Waals surface area contributed by atoms with Gasteiger partial charge in [0.15, 0.2) is 11.6 Å². The Hall–Kier alpha value is -3.37. The fourth-order valence-electron chi connectivity index (χ4n) is 2.73. The van der Waals surface area contributed by atoms with E-state index < -0.39 is 0 Å². The number of nitrogens with zero attached hydrogens (tertiary/aromatic N) is 3. The van der Waals surface area contributed by atoms with E-state index in [2.05, 4.69) is 10.1 Å². The van der Waals surface area contributed by atoms with Crippen molar-refractivity contribution in [3.8, 4) is 22.8 Å². The molecule has 4 rings (SSSR count). The Bertz CT molecular complexity index is 1090. The van der Waals surface area contributed by atoms with Crippen molar-refractivity contribution in [3.63, 3.8) is 0 Å². The average Bonchev–Trinajstić information content (AvgIpc) is 3.13. The third-order valence-corrected chi connectivity index (χ3v) is 4.32. The lowest BCUT2D eigenvalue weighted by Crippen LogP contribution is -1.99. The maximum atomic E-state index is 10.3. The van der Waals surface area contributed by atoms with E-state index in [1.54, 1.807) is 16.8 Å². The highest BCUT2D eigenvalue weighted by Gasteiger charge is 2.15. The number of rotatable bonds is 4. The van der Waals surface area contributed by atoms with Crippen LogP contribution in [0.5, 0.6) is 5.75 Å². The number of para-hydroxylation sites is 2. The van der Waals surface area contributed by atoms with Gasteiger partial charge in [-0.3, -0.25) is 0 Å².